The van der Waals surface area contributed by atoms with Crippen LogP contribution in [0.1, 0.15) is 17.3 Å². The highest BCUT2D eigenvalue weighted by molar-refractivity contribution is 6.08. The number of hydrogen-bond acceptors (Lipinski definition) is 7. The number of carbonyl (C=O) groups excluding carboxylic acids is 1. The van der Waals surface area contributed by atoms with Gasteiger partial charge in [-0.1, -0.05) is 24.3 Å². The van der Waals surface area contributed by atoms with E-state index in [9.17, 15) is 19.2 Å². The molecule has 0 unspecified atom stereocenters. The minimum Gasteiger partial charge on any atom is -0.451 e. The number of nitrogens with one attached hydrogen (secondary N) is 1. The Morgan fingerprint density at radius 2 is 1.56 bits per heavy atom. The van der Waals surface area contributed by atoms with Crippen LogP contribution in [0.5, 0.6) is 0 Å². The van der Waals surface area contributed by atoms with Crippen LogP contribution in [-0.2, 0) is 0 Å². The second-order valence-electron chi connectivity index (χ2n) is 10.5. The number of amides is 1. The first-order chi connectivity index (χ1) is 19.8. The molecule has 0 bridgehead atoms. The number of hydrogen-bond donors (Lipinski definition) is 1. The highest BCUT2D eigenvalue weighted by atomic mass is 19.1. The monoisotopic (exact) mass is 552 g/mol. The summed E-state index contributed by atoms with van der Waals surface area (Å²) in [7, 11) is 1.99. The largest absolute Gasteiger partial charge is 0.451 e. The van der Waals surface area contributed by atoms with Gasteiger partial charge in [0.2, 0.25) is 5.43 Å². The number of aromatic nitrogens is 1. The molecule has 1 saturated heterocycles. The first-order valence-corrected chi connectivity index (χ1v) is 13.5. The molecular weight excluding hydrogens is 527 g/mol. The van der Waals surface area contributed by atoms with Gasteiger partial charge in [0.05, 0.1) is 10.9 Å². The standard InChI is InChI=1S/C31H25FN4O5/c1-3-33-31(40)21-15-36-23-13-18-19(28(38)17-7-5-4-6-16(17)27(18)37)14-24(23)41-30-25(36)20(29(21)39)12-22(32)26(30)35-10-8-34(2)9-11-35/h4-7,12-15H,3,8-11H2,1-2H3,(H,33,40). The summed E-state index contributed by atoms with van der Waals surface area (Å²) in [5, 5.41) is 3.59. The number of anilines is 1. The van der Waals surface area contributed by atoms with Gasteiger partial charge < -0.3 is 23.9 Å². The zero-order valence-electron chi connectivity index (χ0n) is 22.4. The summed E-state index contributed by atoms with van der Waals surface area (Å²) in [6.45, 7) is 4.52. The van der Waals surface area contributed by atoms with Gasteiger partial charge >= 0.3 is 0 Å². The lowest BCUT2D eigenvalue weighted by atomic mass is 10.0. The summed E-state index contributed by atoms with van der Waals surface area (Å²) < 4.78 is 23.9. The molecular formula is C31H25FN4O5. The van der Waals surface area contributed by atoms with Crippen molar-refractivity contribution in [3.8, 4) is 0 Å². The Morgan fingerprint density at radius 3 is 2.22 bits per heavy atom. The molecule has 1 aliphatic heterocycles. The lowest BCUT2D eigenvalue weighted by Gasteiger charge is -2.34. The number of benzene rings is 4. The van der Waals surface area contributed by atoms with Crippen molar-refractivity contribution >= 4 is 60.7 Å². The third-order valence-corrected chi connectivity index (χ3v) is 8.05. The molecule has 7 rings (SSSR count). The molecule has 1 amide bonds. The van der Waals surface area contributed by atoms with Crippen molar-refractivity contribution < 1.29 is 13.6 Å². The zero-order valence-corrected chi connectivity index (χ0v) is 22.4. The molecule has 0 atom stereocenters. The molecule has 206 valence electrons. The van der Waals surface area contributed by atoms with Gasteiger partial charge in [0.15, 0.2) is 27.8 Å². The number of piperazine rings is 1. The van der Waals surface area contributed by atoms with E-state index >= 15 is 4.39 Å². The normalized spacial score (nSPS) is 14.7. The van der Waals surface area contributed by atoms with Crippen molar-refractivity contribution in [1.82, 2.24) is 14.6 Å². The molecule has 6 aromatic rings. The number of fused-ring (bicyclic) bond motifs is 4. The van der Waals surface area contributed by atoms with E-state index < -0.39 is 17.2 Å². The van der Waals surface area contributed by atoms with Crippen molar-refractivity contribution in [2.24, 2.45) is 0 Å². The van der Waals surface area contributed by atoms with Gasteiger partial charge in [-0.15, -0.1) is 0 Å². The fraction of sp³-hybridized carbons (Fsp3) is 0.226. The average molecular weight is 553 g/mol. The lowest BCUT2D eigenvalue weighted by Crippen LogP contribution is -2.45. The first kappa shape index (κ1) is 25.2. The molecule has 1 aliphatic rings. The molecule has 0 spiro atoms. The van der Waals surface area contributed by atoms with E-state index in [2.05, 4.69) is 10.2 Å². The Bertz CT molecular complexity index is 2250. The fourth-order valence-electron chi connectivity index (χ4n) is 5.94. The molecule has 9 nitrogen and oxygen atoms in total. The Balaban J connectivity index is 1.68. The number of halogens is 1. The highest BCUT2D eigenvalue weighted by Gasteiger charge is 2.27. The van der Waals surface area contributed by atoms with Crippen molar-refractivity contribution in [1.29, 1.82) is 0 Å². The second kappa shape index (κ2) is 9.10. The van der Waals surface area contributed by atoms with E-state index in [1.54, 1.807) is 41.7 Å². The number of rotatable bonds is 3. The van der Waals surface area contributed by atoms with E-state index in [4.69, 9.17) is 4.42 Å². The second-order valence-corrected chi connectivity index (χ2v) is 10.5. The molecule has 0 saturated carbocycles. The molecule has 41 heavy (non-hydrogen) atoms. The Kier molecular flexibility index (Phi) is 5.58. The van der Waals surface area contributed by atoms with E-state index in [1.807, 2.05) is 11.9 Å². The van der Waals surface area contributed by atoms with Crippen LogP contribution in [-0.4, -0.2) is 55.0 Å². The number of carbonyl (C=O) groups is 1. The van der Waals surface area contributed by atoms with E-state index in [0.717, 1.165) is 6.07 Å². The summed E-state index contributed by atoms with van der Waals surface area (Å²) in [4.78, 5) is 57.4. The molecule has 0 aliphatic carbocycles. The summed E-state index contributed by atoms with van der Waals surface area (Å²) in [6.07, 6.45) is 1.40. The average Bonchev–Trinajstić information content (AvgIpc) is 2.97. The minimum absolute atomic E-state index is 0.0183. The fourth-order valence-corrected chi connectivity index (χ4v) is 5.94. The maximum atomic E-state index is 15.9. The van der Waals surface area contributed by atoms with E-state index in [0.29, 0.717) is 54.5 Å². The molecule has 1 fully saturated rings. The molecule has 4 aromatic carbocycles. The zero-order chi connectivity index (χ0) is 28.6. The quantitative estimate of drug-likeness (QED) is 0.265. The molecule has 0 radical (unpaired) electrons. The Hall–Kier alpha value is -4.83. The van der Waals surface area contributed by atoms with Crippen molar-refractivity contribution in [3.63, 3.8) is 0 Å². The van der Waals surface area contributed by atoms with Gasteiger partial charge in [-0.25, -0.2) is 4.39 Å². The van der Waals surface area contributed by atoms with Crippen molar-refractivity contribution in [3.05, 3.63) is 90.7 Å². The van der Waals surface area contributed by atoms with Crippen LogP contribution < -0.4 is 26.5 Å². The maximum absolute atomic E-state index is 15.9. The van der Waals surface area contributed by atoms with E-state index in [-0.39, 0.29) is 49.4 Å². The van der Waals surface area contributed by atoms with Crippen molar-refractivity contribution in [2.45, 2.75) is 6.92 Å². The van der Waals surface area contributed by atoms with Crippen LogP contribution in [0, 0.1) is 5.82 Å². The smallest absolute Gasteiger partial charge is 0.256 e. The van der Waals surface area contributed by atoms with E-state index in [1.165, 1.54) is 12.3 Å². The molecule has 3 heterocycles. The van der Waals surface area contributed by atoms with Gasteiger partial charge in [0.25, 0.3) is 5.91 Å². The summed E-state index contributed by atoms with van der Waals surface area (Å²) in [5.41, 5.74) is -0.227. The van der Waals surface area contributed by atoms with Crippen LogP contribution in [0.2, 0.25) is 0 Å². The van der Waals surface area contributed by atoms with Crippen LogP contribution in [0.25, 0.3) is 49.1 Å². The Morgan fingerprint density at radius 1 is 0.902 bits per heavy atom. The topological polar surface area (TPSA) is 104 Å². The minimum atomic E-state index is -0.643. The Labute approximate surface area is 231 Å². The van der Waals surface area contributed by atoms with Crippen LogP contribution in [0.3, 0.4) is 0 Å². The number of nitrogens with zero attached hydrogens (tertiary/aromatic N) is 3. The van der Waals surface area contributed by atoms with Gasteiger partial charge in [-0.3, -0.25) is 19.2 Å². The molecule has 10 heteroatoms. The van der Waals surface area contributed by atoms with Gasteiger partial charge in [-0.2, -0.15) is 0 Å². The summed E-state index contributed by atoms with van der Waals surface area (Å²) >= 11 is 0. The first-order valence-electron chi connectivity index (χ1n) is 13.5. The lowest BCUT2D eigenvalue weighted by molar-refractivity contribution is 0.0954. The van der Waals surface area contributed by atoms with Crippen LogP contribution in [0.4, 0.5) is 10.1 Å². The van der Waals surface area contributed by atoms with Gasteiger partial charge in [0, 0.05) is 60.5 Å². The highest BCUT2D eigenvalue weighted by Crippen LogP contribution is 2.37. The van der Waals surface area contributed by atoms with Crippen LogP contribution in [0.15, 0.2) is 67.5 Å². The van der Waals surface area contributed by atoms with Crippen LogP contribution >= 0.6 is 0 Å². The molecule has 2 aromatic heterocycles. The van der Waals surface area contributed by atoms with Gasteiger partial charge in [0.1, 0.15) is 16.8 Å². The summed E-state index contributed by atoms with van der Waals surface area (Å²) in [6, 6.07) is 10.8. The summed E-state index contributed by atoms with van der Waals surface area (Å²) in [5.74, 6) is -1.24. The van der Waals surface area contributed by atoms with Gasteiger partial charge in [-0.05, 0) is 32.2 Å². The predicted octanol–water partition coefficient (Wildman–Crippen LogP) is 3.30. The SMILES string of the molecule is CCNC(=O)c1cn2c3cc4c(=O)c5ccccc5c(=O)c4cc3oc3c(N4CCN(C)CC4)c(F)cc(c1=O)c32. The predicted molar refractivity (Wildman–Crippen MR) is 157 cm³/mol. The third-order valence-electron chi connectivity index (χ3n) is 8.05. The van der Waals surface area contributed by atoms with Crippen molar-refractivity contribution in [2.75, 3.05) is 44.7 Å². The maximum Gasteiger partial charge on any atom is 0.256 e. The number of likely N-dealkylation sites (N-methyl/N-ethyl adjacent to an activating group) is 1. The third kappa shape index (κ3) is 3.64. The molecule has 1 N–H and O–H groups in total. The number of pyridine rings is 1.